The van der Waals surface area contributed by atoms with Gasteiger partial charge < -0.3 is 0 Å². The topological polar surface area (TPSA) is 12.4 Å². The number of nitrogens with zero attached hydrogens (tertiary/aromatic N) is 1. The molecule has 0 spiro atoms. The van der Waals surface area contributed by atoms with Crippen LogP contribution < -0.4 is 0 Å². The molecule has 1 aliphatic heterocycles. The Morgan fingerprint density at radius 3 is 2.41 bits per heavy atom. The number of hydrogen-bond acceptors (Lipinski definition) is 1. The van der Waals surface area contributed by atoms with Gasteiger partial charge in [-0.2, -0.15) is 0 Å². The van der Waals surface area contributed by atoms with Crippen molar-refractivity contribution in [1.82, 2.24) is 0 Å². The average molecular weight is 464 g/mol. The first kappa shape index (κ1) is 15.1. The Kier molecular flexibility index (Phi) is 4.24. The molecule has 0 atom stereocenters. The number of allylic oxidation sites excluding steroid dienone is 1. The van der Waals surface area contributed by atoms with Gasteiger partial charge in [0.15, 0.2) is 0 Å². The summed E-state index contributed by atoms with van der Waals surface area (Å²) < 4.78 is 0. The summed E-state index contributed by atoms with van der Waals surface area (Å²) in [5.74, 6) is 0. The van der Waals surface area contributed by atoms with Crippen molar-refractivity contribution in [1.29, 1.82) is 0 Å². The molecule has 1 radical (unpaired) electrons. The van der Waals surface area contributed by atoms with Gasteiger partial charge in [0.2, 0.25) is 0 Å². The summed E-state index contributed by atoms with van der Waals surface area (Å²) >= 11 is 0. The SMILES string of the molecule is Cc1ccc2cc3ccccc3cc2c1C1=NC=CCC1.[Ir]. The van der Waals surface area contributed by atoms with Crippen molar-refractivity contribution in [2.75, 3.05) is 0 Å². The zero-order valence-electron chi connectivity index (χ0n) is 12.5. The van der Waals surface area contributed by atoms with Crippen molar-refractivity contribution in [3.05, 3.63) is 71.9 Å². The van der Waals surface area contributed by atoms with E-state index in [4.69, 9.17) is 0 Å². The van der Waals surface area contributed by atoms with Crippen molar-refractivity contribution < 1.29 is 20.1 Å². The van der Waals surface area contributed by atoms with Crippen molar-refractivity contribution in [2.24, 2.45) is 4.99 Å². The fourth-order valence-electron chi connectivity index (χ4n) is 3.20. The average Bonchev–Trinajstić information content (AvgIpc) is 2.54. The number of rotatable bonds is 1. The Labute approximate surface area is 144 Å². The van der Waals surface area contributed by atoms with Gasteiger partial charge in [0.05, 0.1) is 0 Å². The maximum atomic E-state index is 4.63. The Balaban J connectivity index is 0.00000144. The molecule has 0 aromatic heterocycles. The summed E-state index contributed by atoms with van der Waals surface area (Å²) in [5.41, 5.74) is 3.85. The number of aliphatic imine (C=N–C) groups is 1. The molecule has 1 heterocycles. The second-order valence-corrected chi connectivity index (χ2v) is 5.68. The van der Waals surface area contributed by atoms with E-state index in [0.29, 0.717) is 0 Å². The molecule has 0 unspecified atom stereocenters. The first-order valence-corrected chi connectivity index (χ1v) is 7.47. The van der Waals surface area contributed by atoms with Crippen LogP contribution in [0.4, 0.5) is 0 Å². The molecule has 0 saturated carbocycles. The molecule has 22 heavy (non-hydrogen) atoms. The van der Waals surface area contributed by atoms with Crippen LogP contribution in [0.1, 0.15) is 24.0 Å². The monoisotopic (exact) mass is 464 g/mol. The van der Waals surface area contributed by atoms with Crippen LogP contribution in [0.2, 0.25) is 0 Å². The van der Waals surface area contributed by atoms with Gasteiger partial charge in [0.1, 0.15) is 0 Å². The Morgan fingerprint density at radius 1 is 0.909 bits per heavy atom. The molecule has 0 fully saturated rings. The van der Waals surface area contributed by atoms with Gasteiger partial charge in [-0.15, -0.1) is 0 Å². The largest absolute Gasteiger partial charge is 0.261 e. The summed E-state index contributed by atoms with van der Waals surface area (Å²) in [7, 11) is 0. The van der Waals surface area contributed by atoms with E-state index in [9.17, 15) is 0 Å². The molecule has 3 aromatic rings. The molecule has 2 heteroatoms. The van der Waals surface area contributed by atoms with E-state index in [0.717, 1.165) is 12.8 Å². The van der Waals surface area contributed by atoms with Crippen LogP contribution in [-0.4, -0.2) is 5.71 Å². The Hall–Kier alpha value is -1.76. The number of aryl methyl sites for hydroxylation is 1. The predicted molar refractivity (Wildman–Crippen MR) is 91.1 cm³/mol. The van der Waals surface area contributed by atoms with E-state index in [2.05, 4.69) is 66.5 Å². The van der Waals surface area contributed by atoms with Gasteiger partial charge in [-0.1, -0.05) is 42.5 Å². The van der Waals surface area contributed by atoms with Crippen LogP contribution in [-0.2, 0) is 20.1 Å². The van der Waals surface area contributed by atoms with Crippen molar-refractivity contribution in [3.63, 3.8) is 0 Å². The maximum Gasteiger partial charge on any atom is 0.0487 e. The third-order valence-corrected chi connectivity index (χ3v) is 4.27. The molecule has 1 aliphatic rings. The van der Waals surface area contributed by atoms with E-state index in [-0.39, 0.29) is 20.1 Å². The van der Waals surface area contributed by atoms with Gasteiger partial charge >= 0.3 is 0 Å². The van der Waals surface area contributed by atoms with E-state index >= 15 is 0 Å². The smallest absolute Gasteiger partial charge is 0.0487 e. The molecule has 1 nitrogen and oxygen atoms in total. The van der Waals surface area contributed by atoms with Crippen LogP contribution in [0, 0.1) is 6.92 Å². The molecular weight excluding hydrogens is 446 g/mol. The normalized spacial score (nSPS) is 14.0. The molecule has 0 amide bonds. The van der Waals surface area contributed by atoms with E-state index in [1.807, 2.05) is 6.20 Å². The van der Waals surface area contributed by atoms with Crippen molar-refractivity contribution >= 4 is 27.3 Å². The summed E-state index contributed by atoms with van der Waals surface area (Å²) in [6, 6.07) is 17.6. The van der Waals surface area contributed by atoms with Gasteiger partial charge in [-0.25, -0.2) is 0 Å². The van der Waals surface area contributed by atoms with Crippen LogP contribution in [0.5, 0.6) is 0 Å². The van der Waals surface area contributed by atoms with Crippen LogP contribution in [0.3, 0.4) is 0 Å². The minimum atomic E-state index is 0. The number of fused-ring (bicyclic) bond motifs is 2. The molecule has 0 bridgehead atoms. The molecule has 0 N–H and O–H groups in total. The van der Waals surface area contributed by atoms with Crippen molar-refractivity contribution in [2.45, 2.75) is 19.8 Å². The van der Waals surface area contributed by atoms with Gasteiger partial charge in [-0.3, -0.25) is 4.99 Å². The Bertz CT molecular complexity index is 906. The fraction of sp³-hybridized carbons (Fsp3) is 0.150. The molecule has 0 saturated heterocycles. The molecule has 0 aliphatic carbocycles. The Morgan fingerprint density at radius 2 is 1.68 bits per heavy atom. The van der Waals surface area contributed by atoms with Crippen LogP contribution in [0.15, 0.2) is 65.8 Å². The molecule has 3 aromatic carbocycles. The quantitative estimate of drug-likeness (QED) is 0.429. The minimum Gasteiger partial charge on any atom is -0.261 e. The number of hydrogen-bond donors (Lipinski definition) is 0. The zero-order chi connectivity index (χ0) is 14.2. The first-order chi connectivity index (χ1) is 10.3. The number of benzene rings is 3. The second-order valence-electron chi connectivity index (χ2n) is 5.68. The molecule has 111 valence electrons. The van der Waals surface area contributed by atoms with Crippen molar-refractivity contribution in [3.8, 4) is 0 Å². The molecular formula is C20H17IrN. The summed E-state index contributed by atoms with van der Waals surface area (Å²) in [4.78, 5) is 4.63. The van der Waals surface area contributed by atoms with Crippen LogP contribution in [0.25, 0.3) is 21.5 Å². The van der Waals surface area contributed by atoms with E-state index < -0.39 is 0 Å². The summed E-state index contributed by atoms with van der Waals surface area (Å²) in [5, 5.41) is 5.21. The molecule has 4 rings (SSSR count). The van der Waals surface area contributed by atoms with Gasteiger partial charge in [0.25, 0.3) is 0 Å². The predicted octanol–water partition coefficient (Wildman–Crippen LogP) is 5.40. The summed E-state index contributed by atoms with van der Waals surface area (Å²) in [6.07, 6.45) is 6.20. The fourth-order valence-corrected chi connectivity index (χ4v) is 3.20. The second kappa shape index (κ2) is 6.16. The van der Waals surface area contributed by atoms with Gasteiger partial charge in [-0.05, 0) is 59.0 Å². The third kappa shape index (κ3) is 2.54. The standard InChI is InChI=1S/C20H17N.Ir/c1-14-9-10-17-12-15-6-2-3-7-16(15)13-18(17)20(14)19-8-4-5-11-21-19;/h2-3,5-7,9-13H,4,8H2,1H3;. The van der Waals surface area contributed by atoms with E-state index in [1.54, 1.807) is 0 Å². The third-order valence-electron chi connectivity index (χ3n) is 4.27. The first-order valence-electron chi connectivity index (χ1n) is 7.47. The van der Waals surface area contributed by atoms with Crippen LogP contribution >= 0.6 is 0 Å². The minimum absolute atomic E-state index is 0. The van der Waals surface area contributed by atoms with E-state index in [1.165, 1.54) is 38.4 Å². The zero-order valence-corrected chi connectivity index (χ0v) is 14.9. The maximum absolute atomic E-state index is 4.63. The summed E-state index contributed by atoms with van der Waals surface area (Å²) in [6.45, 7) is 2.19. The van der Waals surface area contributed by atoms with Gasteiger partial charge in [0, 0.05) is 37.6 Å².